The minimum atomic E-state index is -0.296. The van der Waals surface area contributed by atoms with Crippen LogP contribution < -0.4 is 5.32 Å². The van der Waals surface area contributed by atoms with Crippen LogP contribution >= 0.6 is 0 Å². The summed E-state index contributed by atoms with van der Waals surface area (Å²) in [5, 5.41) is 4.56. The van der Waals surface area contributed by atoms with Gasteiger partial charge in [-0.25, -0.2) is 0 Å². The van der Waals surface area contributed by atoms with Gasteiger partial charge in [-0.1, -0.05) is 56.3 Å². The summed E-state index contributed by atoms with van der Waals surface area (Å²) in [6.07, 6.45) is 0.640. The Morgan fingerprint density at radius 2 is 1.53 bits per heavy atom. The lowest BCUT2D eigenvalue weighted by Gasteiger charge is -2.27. The first-order chi connectivity index (χ1) is 14.5. The minimum absolute atomic E-state index is 0.123. The number of amides is 3. The van der Waals surface area contributed by atoms with E-state index in [0.29, 0.717) is 28.9 Å². The van der Waals surface area contributed by atoms with E-state index in [9.17, 15) is 14.4 Å². The lowest BCUT2D eigenvalue weighted by atomic mass is 9.94. The first kappa shape index (κ1) is 19.8. The predicted octanol–water partition coefficient (Wildman–Crippen LogP) is 4.98. The van der Waals surface area contributed by atoms with Crippen LogP contribution in [0.2, 0.25) is 0 Å². The van der Waals surface area contributed by atoms with Crippen LogP contribution in [0, 0.1) is 0 Å². The van der Waals surface area contributed by atoms with E-state index < -0.39 is 0 Å². The molecule has 152 valence electrons. The van der Waals surface area contributed by atoms with Gasteiger partial charge >= 0.3 is 0 Å². The predicted molar refractivity (Wildman–Crippen MR) is 118 cm³/mol. The Bertz CT molecular complexity index is 1100. The summed E-state index contributed by atoms with van der Waals surface area (Å²) in [5.41, 5.74) is 2.97. The van der Waals surface area contributed by atoms with E-state index in [2.05, 4.69) is 19.2 Å². The van der Waals surface area contributed by atoms with Crippen molar-refractivity contribution in [2.75, 3.05) is 11.9 Å². The third-order valence-corrected chi connectivity index (χ3v) is 5.50. The van der Waals surface area contributed by atoms with Crippen LogP contribution in [0.3, 0.4) is 0 Å². The number of benzene rings is 3. The van der Waals surface area contributed by atoms with Gasteiger partial charge in [-0.05, 0) is 41.5 Å². The maximum absolute atomic E-state index is 12.9. The van der Waals surface area contributed by atoms with Gasteiger partial charge in [-0.2, -0.15) is 0 Å². The third kappa shape index (κ3) is 3.59. The molecule has 30 heavy (non-hydrogen) atoms. The molecule has 4 rings (SSSR count). The van der Waals surface area contributed by atoms with Gasteiger partial charge in [0, 0.05) is 35.2 Å². The third-order valence-electron chi connectivity index (χ3n) is 5.50. The molecule has 3 amide bonds. The zero-order chi connectivity index (χ0) is 21.3. The Kier molecular flexibility index (Phi) is 5.36. The van der Waals surface area contributed by atoms with Gasteiger partial charge < -0.3 is 5.32 Å². The maximum atomic E-state index is 12.9. The number of carbonyl (C=O) groups is 3. The summed E-state index contributed by atoms with van der Waals surface area (Å²) in [7, 11) is 0. The number of carbonyl (C=O) groups excluding carboxylic acids is 3. The van der Waals surface area contributed by atoms with Crippen molar-refractivity contribution in [2.24, 2.45) is 0 Å². The molecule has 1 N–H and O–H groups in total. The van der Waals surface area contributed by atoms with Crippen molar-refractivity contribution in [3.8, 4) is 0 Å². The highest BCUT2D eigenvalue weighted by molar-refractivity contribution is 6.25. The van der Waals surface area contributed by atoms with Gasteiger partial charge in [0.2, 0.25) is 5.91 Å². The average molecular weight is 400 g/mol. The fraction of sp³-hybridized carbons (Fsp3) is 0.240. The van der Waals surface area contributed by atoms with Gasteiger partial charge in [-0.15, -0.1) is 0 Å². The Morgan fingerprint density at radius 3 is 2.17 bits per heavy atom. The quantitative estimate of drug-likeness (QED) is 0.594. The average Bonchev–Trinajstić information content (AvgIpc) is 2.74. The number of imide groups is 1. The van der Waals surface area contributed by atoms with Crippen LogP contribution in [0.15, 0.2) is 60.7 Å². The fourth-order valence-electron chi connectivity index (χ4n) is 4.01. The van der Waals surface area contributed by atoms with Crippen molar-refractivity contribution in [3.63, 3.8) is 0 Å². The summed E-state index contributed by atoms with van der Waals surface area (Å²) in [6, 6.07) is 18.7. The molecule has 0 unspecified atom stereocenters. The van der Waals surface area contributed by atoms with Crippen LogP contribution in [0.4, 0.5) is 5.69 Å². The van der Waals surface area contributed by atoms with E-state index in [1.54, 1.807) is 12.1 Å². The summed E-state index contributed by atoms with van der Waals surface area (Å²) < 4.78 is 0. The van der Waals surface area contributed by atoms with Crippen molar-refractivity contribution in [1.82, 2.24) is 4.90 Å². The summed E-state index contributed by atoms with van der Waals surface area (Å²) in [5.74, 6) is -0.417. The number of hydrogen-bond donors (Lipinski definition) is 1. The first-order valence-electron chi connectivity index (χ1n) is 10.2. The molecule has 1 heterocycles. The molecule has 3 aromatic carbocycles. The van der Waals surface area contributed by atoms with E-state index in [1.165, 1.54) is 4.90 Å². The molecule has 0 aliphatic carbocycles. The van der Waals surface area contributed by atoms with Crippen LogP contribution in [-0.2, 0) is 4.79 Å². The molecule has 0 spiro atoms. The van der Waals surface area contributed by atoms with E-state index in [1.807, 2.05) is 48.5 Å². The SMILES string of the molecule is CC(C)c1ccccc1NC(=O)CCCN1C(=O)c2cccc3cccc(c23)C1=O. The van der Waals surface area contributed by atoms with Crippen molar-refractivity contribution in [2.45, 2.75) is 32.6 Å². The Hall–Kier alpha value is -3.47. The second-order valence-corrected chi connectivity index (χ2v) is 7.86. The highest BCUT2D eigenvalue weighted by Gasteiger charge is 2.32. The number of nitrogens with one attached hydrogen (secondary N) is 1. The van der Waals surface area contributed by atoms with Gasteiger partial charge in [0.1, 0.15) is 0 Å². The fourth-order valence-corrected chi connectivity index (χ4v) is 4.01. The molecule has 0 radical (unpaired) electrons. The number of rotatable bonds is 6. The van der Waals surface area contributed by atoms with Crippen LogP contribution in [-0.4, -0.2) is 29.2 Å². The summed E-state index contributed by atoms with van der Waals surface area (Å²) >= 11 is 0. The van der Waals surface area contributed by atoms with E-state index >= 15 is 0 Å². The number of anilines is 1. The highest BCUT2D eigenvalue weighted by atomic mass is 16.2. The lowest BCUT2D eigenvalue weighted by molar-refractivity contribution is -0.116. The van der Waals surface area contributed by atoms with Gasteiger partial charge in [-0.3, -0.25) is 19.3 Å². The molecule has 0 saturated carbocycles. The lowest BCUT2D eigenvalue weighted by Crippen LogP contribution is -2.41. The summed E-state index contributed by atoms with van der Waals surface area (Å²) in [4.78, 5) is 39.5. The normalized spacial score (nSPS) is 13.2. The Balaban J connectivity index is 1.43. The van der Waals surface area contributed by atoms with Crippen LogP contribution in [0.5, 0.6) is 0 Å². The van der Waals surface area contributed by atoms with E-state index in [0.717, 1.165) is 16.6 Å². The number of nitrogens with zero attached hydrogens (tertiary/aromatic N) is 1. The maximum Gasteiger partial charge on any atom is 0.261 e. The Labute approximate surface area is 175 Å². The molecular weight excluding hydrogens is 376 g/mol. The molecule has 0 saturated heterocycles. The molecule has 0 atom stereocenters. The largest absolute Gasteiger partial charge is 0.326 e. The van der Waals surface area contributed by atoms with E-state index in [4.69, 9.17) is 0 Å². The minimum Gasteiger partial charge on any atom is -0.326 e. The van der Waals surface area contributed by atoms with Crippen molar-refractivity contribution >= 4 is 34.2 Å². The molecule has 1 aliphatic heterocycles. The molecule has 1 aliphatic rings. The molecule has 0 bridgehead atoms. The van der Waals surface area contributed by atoms with Crippen molar-refractivity contribution in [1.29, 1.82) is 0 Å². The standard InChI is InChI=1S/C25H24N2O3/c1-16(2)18-10-3-4-13-21(18)26-22(28)14-7-15-27-24(29)19-11-5-8-17-9-6-12-20(23(17)19)25(27)30/h3-6,8-13,16H,7,14-15H2,1-2H3,(H,26,28). The molecule has 5 nitrogen and oxygen atoms in total. The van der Waals surface area contributed by atoms with Gasteiger partial charge in [0.15, 0.2) is 0 Å². The van der Waals surface area contributed by atoms with Gasteiger partial charge in [0.05, 0.1) is 0 Å². The Morgan fingerprint density at radius 1 is 0.900 bits per heavy atom. The molecular formula is C25H24N2O3. The second kappa shape index (κ2) is 8.11. The first-order valence-corrected chi connectivity index (χ1v) is 10.2. The topological polar surface area (TPSA) is 66.5 Å². The van der Waals surface area contributed by atoms with Gasteiger partial charge in [0.25, 0.3) is 11.8 Å². The molecule has 0 fully saturated rings. The second-order valence-electron chi connectivity index (χ2n) is 7.86. The molecule has 3 aromatic rings. The smallest absolute Gasteiger partial charge is 0.261 e. The summed E-state index contributed by atoms with van der Waals surface area (Å²) in [6.45, 7) is 4.37. The van der Waals surface area contributed by atoms with Crippen LogP contribution in [0.25, 0.3) is 10.8 Å². The molecule has 5 heteroatoms. The monoisotopic (exact) mass is 400 g/mol. The van der Waals surface area contributed by atoms with Crippen molar-refractivity contribution < 1.29 is 14.4 Å². The molecule has 0 aromatic heterocycles. The zero-order valence-electron chi connectivity index (χ0n) is 17.1. The number of hydrogen-bond acceptors (Lipinski definition) is 3. The van der Waals surface area contributed by atoms with E-state index in [-0.39, 0.29) is 30.7 Å². The van der Waals surface area contributed by atoms with Crippen molar-refractivity contribution in [3.05, 3.63) is 77.4 Å². The zero-order valence-corrected chi connectivity index (χ0v) is 17.1. The number of para-hydroxylation sites is 1. The highest BCUT2D eigenvalue weighted by Crippen LogP contribution is 2.30. The van der Waals surface area contributed by atoms with Crippen LogP contribution in [0.1, 0.15) is 58.9 Å².